The van der Waals surface area contributed by atoms with Gasteiger partial charge in [-0.3, -0.25) is 0 Å². The lowest BCUT2D eigenvalue weighted by Crippen LogP contribution is -2.08. The standard InChI is InChI=1S/C11H15ClO/c1-2-9(8-13)7-10-5-3-4-6-11(10)12/h3-6,9,13H,2,7-8H2,1H3. The van der Waals surface area contributed by atoms with Gasteiger partial charge in [0.05, 0.1) is 0 Å². The normalized spacial score (nSPS) is 12.8. The van der Waals surface area contributed by atoms with Gasteiger partial charge in [-0.25, -0.2) is 0 Å². The second-order valence-electron chi connectivity index (χ2n) is 3.25. The maximum atomic E-state index is 9.04. The summed E-state index contributed by atoms with van der Waals surface area (Å²) in [5, 5.41) is 9.84. The number of rotatable bonds is 4. The predicted octanol–water partition coefficient (Wildman–Crippen LogP) is 2.90. The molecule has 0 saturated carbocycles. The van der Waals surface area contributed by atoms with Crippen LogP contribution in [-0.2, 0) is 6.42 Å². The van der Waals surface area contributed by atoms with Crippen molar-refractivity contribution in [2.24, 2.45) is 5.92 Å². The average molecular weight is 199 g/mol. The van der Waals surface area contributed by atoms with E-state index in [-0.39, 0.29) is 6.61 Å². The summed E-state index contributed by atoms with van der Waals surface area (Å²) in [6, 6.07) is 7.80. The highest BCUT2D eigenvalue weighted by molar-refractivity contribution is 6.31. The summed E-state index contributed by atoms with van der Waals surface area (Å²) in [6.07, 6.45) is 1.86. The molecular weight excluding hydrogens is 184 g/mol. The van der Waals surface area contributed by atoms with E-state index in [0.717, 1.165) is 23.4 Å². The lowest BCUT2D eigenvalue weighted by Gasteiger charge is -2.12. The first-order valence-electron chi connectivity index (χ1n) is 4.62. The van der Waals surface area contributed by atoms with Crippen molar-refractivity contribution < 1.29 is 5.11 Å². The van der Waals surface area contributed by atoms with Crippen molar-refractivity contribution in [2.75, 3.05) is 6.61 Å². The largest absolute Gasteiger partial charge is 0.396 e. The van der Waals surface area contributed by atoms with Crippen LogP contribution < -0.4 is 0 Å². The molecule has 13 heavy (non-hydrogen) atoms. The molecule has 0 spiro atoms. The predicted molar refractivity (Wildman–Crippen MR) is 56.0 cm³/mol. The minimum absolute atomic E-state index is 0.238. The lowest BCUT2D eigenvalue weighted by molar-refractivity contribution is 0.222. The first kappa shape index (κ1) is 10.6. The second-order valence-corrected chi connectivity index (χ2v) is 3.66. The van der Waals surface area contributed by atoms with E-state index in [1.807, 2.05) is 24.3 Å². The number of halogens is 1. The van der Waals surface area contributed by atoms with Crippen LogP contribution in [0.15, 0.2) is 24.3 Å². The molecule has 0 aliphatic rings. The van der Waals surface area contributed by atoms with Gasteiger partial charge in [0.2, 0.25) is 0 Å². The maximum absolute atomic E-state index is 9.04. The van der Waals surface area contributed by atoms with Gasteiger partial charge in [-0.1, -0.05) is 43.1 Å². The van der Waals surface area contributed by atoms with Gasteiger partial charge in [0.25, 0.3) is 0 Å². The zero-order chi connectivity index (χ0) is 9.68. The van der Waals surface area contributed by atoms with E-state index >= 15 is 0 Å². The van der Waals surface area contributed by atoms with Crippen molar-refractivity contribution in [1.29, 1.82) is 0 Å². The SMILES string of the molecule is CCC(CO)Cc1ccccc1Cl. The number of hydrogen-bond acceptors (Lipinski definition) is 1. The number of aliphatic hydroxyl groups excluding tert-OH is 1. The molecule has 0 saturated heterocycles. The Hall–Kier alpha value is -0.530. The van der Waals surface area contributed by atoms with Gasteiger partial charge in [-0.2, -0.15) is 0 Å². The molecule has 0 aliphatic heterocycles. The van der Waals surface area contributed by atoms with Crippen molar-refractivity contribution in [3.63, 3.8) is 0 Å². The van der Waals surface area contributed by atoms with E-state index in [2.05, 4.69) is 6.92 Å². The van der Waals surface area contributed by atoms with Crippen LogP contribution in [-0.4, -0.2) is 11.7 Å². The van der Waals surface area contributed by atoms with Gasteiger partial charge in [-0.15, -0.1) is 0 Å². The molecule has 1 unspecified atom stereocenters. The quantitative estimate of drug-likeness (QED) is 0.789. The second kappa shape index (κ2) is 5.25. The molecule has 72 valence electrons. The smallest absolute Gasteiger partial charge is 0.0462 e. The van der Waals surface area contributed by atoms with Crippen LogP contribution in [0.1, 0.15) is 18.9 Å². The summed E-state index contributed by atoms with van der Waals surface area (Å²) in [4.78, 5) is 0. The van der Waals surface area contributed by atoms with Gasteiger partial charge in [0.1, 0.15) is 0 Å². The molecule has 0 bridgehead atoms. The Morgan fingerprint density at radius 1 is 1.38 bits per heavy atom. The minimum atomic E-state index is 0.238. The molecule has 1 nitrogen and oxygen atoms in total. The molecule has 2 heteroatoms. The third kappa shape index (κ3) is 3.02. The fraction of sp³-hybridized carbons (Fsp3) is 0.455. The molecule has 1 atom stereocenters. The van der Waals surface area contributed by atoms with E-state index in [1.165, 1.54) is 0 Å². The van der Waals surface area contributed by atoms with E-state index in [9.17, 15) is 0 Å². The Kier molecular flexibility index (Phi) is 4.26. The van der Waals surface area contributed by atoms with Crippen molar-refractivity contribution in [3.8, 4) is 0 Å². The van der Waals surface area contributed by atoms with Crippen LogP contribution >= 0.6 is 11.6 Å². The Labute approximate surface area is 84.4 Å². The highest BCUT2D eigenvalue weighted by atomic mass is 35.5. The summed E-state index contributed by atoms with van der Waals surface area (Å²) in [7, 11) is 0. The van der Waals surface area contributed by atoms with Crippen molar-refractivity contribution in [3.05, 3.63) is 34.9 Å². The maximum Gasteiger partial charge on any atom is 0.0462 e. The van der Waals surface area contributed by atoms with Gasteiger partial charge in [0.15, 0.2) is 0 Å². The Bertz CT molecular complexity index is 256. The average Bonchev–Trinajstić information content (AvgIpc) is 2.17. The Morgan fingerprint density at radius 3 is 2.62 bits per heavy atom. The van der Waals surface area contributed by atoms with E-state index in [1.54, 1.807) is 0 Å². The molecule has 1 aromatic carbocycles. The number of benzene rings is 1. The summed E-state index contributed by atoms with van der Waals surface area (Å²) in [5.74, 6) is 0.333. The van der Waals surface area contributed by atoms with Crippen molar-refractivity contribution in [1.82, 2.24) is 0 Å². The summed E-state index contributed by atoms with van der Waals surface area (Å²) in [5.41, 5.74) is 1.13. The van der Waals surface area contributed by atoms with E-state index in [4.69, 9.17) is 16.7 Å². The zero-order valence-electron chi connectivity index (χ0n) is 7.83. The molecule has 0 amide bonds. The molecule has 1 N–H and O–H groups in total. The fourth-order valence-electron chi connectivity index (χ4n) is 1.31. The fourth-order valence-corrected chi connectivity index (χ4v) is 1.53. The van der Waals surface area contributed by atoms with E-state index < -0.39 is 0 Å². The Morgan fingerprint density at radius 2 is 2.08 bits per heavy atom. The summed E-state index contributed by atoms with van der Waals surface area (Å²) >= 11 is 6.00. The van der Waals surface area contributed by atoms with Gasteiger partial charge in [-0.05, 0) is 24.0 Å². The highest BCUT2D eigenvalue weighted by Crippen LogP contribution is 2.19. The Balaban J connectivity index is 2.67. The molecule has 1 aromatic rings. The summed E-state index contributed by atoms with van der Waals surface area (Å²) < 4.78 is 0. The van der Waals surface area contributed by atoms with Crippen LogP contribution in [0.25, 0.3) is 0 Å². The topological polar surface area (TPSA) is 20.2 Å². The lowest BCUT2D eigenvalue weighted by atomic mass is 9.98. The zero-order valence-corrected chi connectivity index (χ0v) is 8.59. The summed E-state index contributed by atoms with van der Waals surface area (Å²) in [6.45, 7) is 2.32. The number of hydrogen-bond donors (Lipinski definition) is 1. The molecular formula is C11H15ClO. The van der Waals surface area contributed by atoms with Crippen LogP contribution in [0.3, 0.4) is 0 Å². The monoisotopic (exact) mass is 198 g/mol. The van der Waals surface area contributed by atoms with E-state index in [0.29, 0.717) is 5.92 Å². The van der Waals surface area contributed by atoms with Crippen molar-refractivity contribution in [2.45, 2.75) is 19.8 Å². The third-order valence-corrected chi connectivity index (χ3v) is 2.67. The first-order valence-corrected chi connectivity index (χ1v) is 5.00. The molecule has 0 radical (unpaired) electrons. The molecule has 0 heterocycles. The highest BCUT2D eigenvalue weighted by Gasteiger charge is 2.07. The van der Waals surface area contributed by atoms with Gasteiger partial charge >= 0.3 is 0 Å². The third-order valence-electron chi connectivity index (χ3n) is 2.30. The molecule has 1 rings (SSSR count). The minimum Gasteiger partial charge on any atom is -0.396 e. The first-order chi connectivity index (χ1) is 6.27. The van der Waals surface area contributed by atoms with Crippen LogP contribution in [0.5, 0.6) is 0 Å². The van der Waals surface area contributed by atoms with Crippen LogP contribution in [0.2, 0.25) is 5.02 Å². The van der Waals surface area contributed by atoms with Crippen LogP contribution in [0.4, 0.5) is 0 Å². The molecule has 0 aliphatic carbocycles. The number of aliphatic hydroxyl groups is 1. The molecule has 0 aromatic heterocycles. The molecule has 0 fully saturated rings. The van der Waals surface area contributed by atoms with Gasteiger partial charge in [0, 0.05) is 11.6 Å². The van der Waals surface area contributed by atoms with Crippen LogP contribution in [0, 0.1) is 5.92 Å². The van der Waals surface area contributed by atoms with Gasteiger partial charge < -0.3 is 5.11 Å². The van der Waals surface area contributed by atoms with Crippen molar-refractivity contribution >= 4 is 11.6 Å².